The van der Waals surface area contributed by atoms with Gasteiger partial charge in [0, 0.05) is 30.1 Å². The molecule has 0 saturated carbocycles. The van der Waals surface area contributed by atoms with Crippen molar-refractivity contribution >= 4 is 33.0 Å². The molecule has 3 aromatic rings. The van der Waals surface area contributed by atoms with Crippen LogP contribution in [0.3, 0.4) is 0 Å². The minimum atomic E-state index is -3.59. The molecule has 4 rings (SSSR count). The first-order valence-corrected chi connectivity index (χ1v) is 12.1. The topological polar surface area (TPSA) is 150 Å². The molecule has 1 fully saturated rings. The average Bonchev–Trinajstić information content (AvgIpc) is 3.45. The maximum Gasteiger partial charge on any atom is 0.274 e. The fourth-order valence-electron chi connectivity index (χ4n) is 3.28. The fourth-order valence-corrected chi connectivity index (χ4v) is 6.14. The SMILES string of the molecule is Cc1c(C(=O)NCc2ccc(S(=O)(=O)N3CCOCC3)s2)nnn1-c1cccc([N+](=O)[O-])c1. The van der Waals surface area contributed by atoms with E-state index in [9.17, 15) is 23.3 Å². The van der Waals surface area contributed by atoms with E-state index in [2.05, 4.69) is 15.6 Å². The lowest BCUT2D eigenvalue weighted by atomic mass is 10.2. The zero-order valence-corrected chi connectivity index (χ0v) is 19.1. The molecule has 33 heavy (non-hydrogen) atoms. The molecule has 1 aliphatic rings. The fraction of sp³-hybridized carbons (Fsp3) is 0.316. The normalized spacial score (nSPS) is 14.8. The molecule has 0 bridgehead atoms. The van der Waals surface area contributed by atoms with E-state index < -0.39 is 20.9 Å². The van der Waals surface area contributed by atoms with Gasteiger partial charge in [-0.1, -0.05) is 11.3 Å². The maximum absolute atomic E-state index is 12.7. The molecule has 12 nitrogen and oxygen atoms in total. The van der Waals surface area contributed by atoms with E-state index in [0.29, 0.717) is 42.6 Å². The van der Waals surface area contributed by atoms with Crippen molar-refractivity contribution < 1.29 is 22.9 Å². The number of aromatic nitrogens is 3. The van der Waals surface area contributed by atoms with Crippen LogP contribution in [0.2, 0.25) is 0 Å². The molecule has 1 aromatic carbocycles. The van der Waals surface area contributed by atoms with E-state index in [1.807, 2.05) is 0 Å². The molecule has 174 valence electrons. The van der Waals surface area contributed by atoms with Crippen molar-refractivity contribution in [3.05, 3.63) is 62.8 Å². The number of benzene rings is 1. The number of non-ortho nitro benzene ring substituents is 1. The molecule has 1 N–H and O–H groups in total. The number of sulfonamides is 1. The number of nitro benzene ring substituents is 1. The number of amides is 1. The number of hydrogen-bond donors (Lipinski definition) is 1. The molecule has 1 saturated heterocycles. The first-order chi connectivity index (χ1) is 15.8. The number of morpholine rings is 1. The van der Waals surface area contributed by atoms with Crippen LogP contribution in [0.1, 0.15) is 21.1 Å². The van der Waals surface area contributed by atoms with Crippen LogP contribution in [-0.2, 0) is 21.3 Å². The quantitative estimate of drug-likeness (QED) is 0.385. The zero-order valence-electron chi connectivity index (χ0n) is 17.5. The average molecular weight is 493 g/mol. The second kappa shape index (κ2) is 9.35. The lowest BCUT2D eigenvalue weighted by Crippen LogP contribution is -2.40. The van der Waals surface area contributed by atoms with Gasteiger partial charge < -0.3 is 10.1 Å². The standard InChI is InChI=1S/C19H20N6O6S2/c1-13-18(21-22-24(13)14-3-2-4-15(11-14)25(27)28)19(26)20-12-16-5-6-17(32-16)33(29,30)23-7-9-31-10-8-23/h2-6,11H,7-10,12H2,1H3,(H,20,26). The van der Waals surface area contributed by atoms with Crippen LogP contribution >= 0.6 is 11.3 Å². The molecule has 0 unspecified atom stereocenters. The second-order valence-corrected chi connectivity index (χ2v) is 10.5. The summed E-state index contributed by atoms with van der Waals surface area (Å²) in [4.78, 5) is 23.8. The summed E-state index contributed by atoms with van der Waals surface area (Å²) in [5.74, 6) is -0.491. The Morgan fingerprint density at radius 2 is 2.03 bits per heavy atom. The number of rotatable bonds is 7. The lowest BCUT2D eigenvalue weighted by molar-refractivity contribution is -0.384. The van der Waals surface area contributed by atoms with E-state index in [1.54, 1.807) is 19.1 Å². The number of nitrogens with zero attached hydrogens (tertiary/aromatic N) is 5. The Morgan fingerprint density at radius 1 is 1.27 bits per heavy atom. The van der Waals surface area contributed by atoms with Gasteiger partial charge in [-0.25, -0.2) is 13.1 Å². The van der Waals surface area contributed by atoms with Crippen molar-refractivity contribution in [3.63, 3.8) is 0 Å². The molecule has 1 aliphatic heterocycles. The number of hydrogen-bond acceptors (Lipinski definition) is 9. The van der Waals surface area contributed by atoms with Crippen molar-refractivity contribution in [2.24, 2.45) is 0 Å². The highest BCUT2D eigenvalue weighted by Crippen LogP contribution is 2.25. The molecule has 0 radical (unpaired) electrons. The van der Waals surface area contributed by atoms with Gasteiger partial charge in [-0.15, -0.1) is 16.4 Å². The second-order valence-electron chi connectivity index (χ2n) is 7.13. The number of ether oxygens (including phenoxy) is 1. The first kappa shape index (κ1) is 23.0. The molecular formula is C19H20N6O6S2. The van der Waals surface area contributed by atoms with E-state index in [-0.39, 0.29) is 22.1 Å². The van der Waals surface area contributed by atoms with Crippen molar-refractivity contribution in [2.45, 2.75) is 17.7 Å². The summed E-state index contributed by atoms with van der Waals surface area (Å²) < 4.78 is 33.6. The van der Waals surface area contributed by atoms with Crippen molar-refractivity contribution in [2.75, 3.05) is 26.3 Å². The molecule has 2 aromatic heterocycles. The summed E-state index contributed by atoms with van der Waals surface area (Å²) in [6, 6.07) is 9.03. The molecule has 3 heterocycles. The van der Waals surface area contributed by atoms with Gasteiger partial charge in [0.15, 0.2) is 5.69 Å². The van der Waals surface area contributed by atoms with E-state index in [0.717, 1.165) is 11.3 Å². The van der Waals surface area contributed by atoms with Gasteiger partial charge in [-0.3, -0.25) is 14.9 Å². The monoisotopic (exact) mass is 492 g/mol. The van der Waals surface area contributed by atoms with E-state index in [1.165, 1.54) is 33.3 Å². The van der Waals surface area contributed by atoms with Crippen LogP contribution < -0.4 is 5.32 Å². The number of nitrogens with one attached hydrogen (secondary N) is 1. The molecule has 0 atom stereocenters. The molecule has 14 heteroatoms. The largest absolute Gasteiger partial charge is 0.379 e. The Morgan fingerprint density at radius 3 is 2.76 bits per heavy atom. The molecule has 0 spiro atoms. The number of carbonyl (C=O) groups is 1. The summed E-state index contributed by atoms with van der Waals surface area (Å²) in [7, 11) is -3.59. The van der Waals surface area contributed by atoms with Crippen molar-refractivity contribution in [3.8, 4) is 5.69 Å². The summed E-state index contributed by atoms with van der Waals surface area (Å²) in [5.41, 5.74) is 0.785. The van der Waals surface area contributed by atoms with Gasteiger partial charge in [0.25, 0.3) is 21.6 Å². The summed E-state index contributed by atoms with van der Waals surface area (Å²) >= 11 is 1.09. The maximum atomic E-state index is 12.7. The molecule has 0 aliphatic carbocycles. The van der Waals surface area contributed by atoms with Crippen molar-refractivity contribution in [1.82, 2.24) is 24.6 Å². The predicted octanol–water partition coefficient (Wildman–Crippen LogP) is 1.50. The van der Waals surface area contributed by atoms with Crippen LogP contribution in [0.5, 0.6) is 0 Å². The first-order valence-electron chi connectivity index (χ1n) is 9.89. The van der Waals surface area contributed by atoms with Gasteiger partial charge in [-0.05, 0) is 25.1 Å². The highest BCUT2D eigenvalue weighted by atomic mass is 32.2. The Bertz CT molecular complexity index is 1300. The molecular weight excluding hydrogens is 472 g/mol. The summed E-state index contributed by atoms with van der Waals surface area (Å²) in [6.07, 6.45) is 0. The number of nitro groups is 1. The van der Waals surface area contributed by atoms with Crippen LogP contribution in [-0.4, -0.2) is 64.9 Å². The smallest absolute Gasteiger partial charge is 0.274 e. The Balaban J connectivity index is 1.44. The third-order valence-electron chi connectivity index (χ3n) is 5.02. The third kappa shape index (κ3) is 4.78. The number of carbonyl (C=O) groups excluding carboxylic acids is 1. The van der Waals surface area contributed by atoms with Crippen molar-refractivity contribution in [1.29, 1.82) is 0 Å². The summed E-state index contributed by atoms with van der Waals surface area (Å²) in [6.45, 7) is 3.10. The Kier molecular flexibility index (Phi) is 6.51. The zero-order chi connectivity index (χ0) is 23.6. The molecule has 1 amide bonds. The summed E-state index contributed by atoms with van der Waals surface area (Å²) in [5, 5.41) is 21.6. The predicted molar refractivity (Wildman–Crippen MR) is 118 cm³/mol. The lowest BCUT2D eigenvalue weighted by Gasteiger charge is -2.25. The Hall–Kier alpha value is -3.20. The Labute approximate surface area is 193 Å². The third-order valence-corrected chi connectivity index (χ3v) is 8.47. The van der Waals surface area contributed by atoms with Crippen LogP contribution in [0.15, 0.2) is 40.6 Å². The van der Waals surface area contributed by atoms with Gasteiger partial charge in [0.05, 0.1) is 36.1 Å². The van der Waals surface area contributed by atoms with Crippen LogP contribution in [0.25, 0.3) is 5.69 Å². The van der Waals surface area contributed by atoms with Gasteiger partial charge in [0.2, 0.25) is 0 Å². The minimum Gasteiger partial charge on any atom is -0.379 e. The van der Waals surface area contributed by atoms with E-state index in [4.69, 9.17) is 4.74 Å². The minimum absolute atomic E-state index is 0.0687. The number of thiophene rings is 1. The highest BCUT2D eigenvalue weighted by molar-refractivity contribution is 7.91. The van der Waals surface area contributed by atoms with Gasteiger partial charge >= 0.3 is 0 Å². The van der Waals surface area contributed by atoms with E-state index >= 15 is 0 Å². The van der Waals surface area contributed by atoms with Crippen LogP contribution in [0.4, 0.5) is 5.69 Å². The van der Waals surface area contributed by atoms with Gasteiger partial charge in [0.1, 0.15) is 4.21 Å². The highest BCUT2D eigenvalue weighted by Gasteiger charge is 2.28. The van der Waals surface area contributed by atoms with Crippen LogP contribution in [0, 0.1) is 17.0 Å². The van der Waals surface area contributed by atoms with Gasteiger partial charge in [-0.2, -0.15) is 4.31 Å².